The Hall–Kier alpha value is -1.90. The number of amides is 1. The van der Waals surface area contributed by atoms with Crippen LogP contribution in [0.15, 0.2) is 12.1 Å². The van der Waals surface area contributed by atoms with Gasteiger partial charge >= 0.3 is 0 Å². The topological polar surface area (TPSA) is 72.9 Å². The van der Waals surface area contributed by atoms with Gasteiger partial charge in [-0.2, -0.15) is 0 Å². The van der Waals surface area contributed by atoms with Crippen molar-refractivity contribution in [3.63, 3.8) is 0 Å². The molecule has 136 valence electrons. The van der Waals surface area contributed by atoms with E-state index in [1.165, 1.54) is 11.3 Å². The van der Waals surface area contributed by atoms with Gasteiger partial charge in [-0.3, -0.25) is 9.69 Å². The highest BCUT2D eigenvalue weighted by atomic mass is 32.1. The van der Waals surface area contributed by atoms with E-state index in [2.05, 4.69) is 10.3 Å². The summed E-state index contributed by atoms with van der Waals surface area (Å²) in [4.78, 5) is 18.6. The molecule has 1 aromatic heterocycles. The molecule has 0 aliphatic carbocycles. The lowest BCUT2D eigenvalue weighted by molar-refractivity contribution is -0.117. The van der Waals surface area contributed by atoms with E-state index in [0.717, 1.165) is 35.4 Å². The third-order valence-electron chi connectivity index (χ3n) is 3.81. The average Bonchev–Trinajstić information content (AvgIpc) is 2.80. The Bertz CT molecular complexity index is 691. The second-order valence-electron chi connectivity index (χ2n) is 5.97. The predicted octanol–water partition coefficient (Wildman–Crippen LogP) is 2.36. The van der Waals surface area contributed by atoms with Gasteiger partial charge in [0.25, 0.3) is 0 Å². The molecule has 0 unspecified atom stereocenters. The fourth-order valence-electron chi connectivity index (χ4n) is 2.60. The van der Waals surface area contributed by atoms with E-state index >= 15 is 0 Å². The van der Waals surface area contributed by atoms with Gasteiger partial charge in [0.1, 0.15) is 0 Å². The first-order chi connectivity index (χ1) is 12.2. The zero-order valence-corrected chi connectivity index (χ0v) is 15.4. The van der Waals surface area contributed by atoms with Crippen LogP contribution in [0.1, 0.15) is 12.8 Å². The van der Waals surface area contributed by atoms with Crippen LogP contribution < -0.4 is 14.8 Å². The fourth-order valence-corrected chi connectivity index (χ4v) is 3.49. The SMILES string of the molecule is COCCCN(C)CC(=O)Nc1nc2cc3c(cc2s1)OCCCO3. The van der Waals surface area contributed by atoms with Crippen LogP contribution in [0.3, 0.4) is 0 Å². The molecule has 2 aromatic rings. The van der Waals surface area contributed by atoms with Crippen molar-refractivity contribution in [2.45, 2.75) is 12.8 Å². The molecule has 0 saturated carbocycles. The van der Waals surface area contributed by atoms with Gasteiger partial charge in [-0.15, -0.1) is 0 Å². The lowest BCUT2D eigenvalue weighted by Gasteiger charge is -2.15. The zero-order chi connectivity index (χ0) is 17.6. The number of hydrogen-bond donors (Lipinski definition) is 1. The number of likely N-dealkylation sites (N-methyl/N-ethyl adjacent to an activating group) is 1. The summed E-state index contributed by atoms with van der Waals surface area (Å²) in [7, 11) is 3.59. The molecular formula is C17H23N3O4S. The van der Waals surface area contributed by atoms with E-state index < -0.39 is 0 Å². The molecule has 0 fully saturated rings. The van der Waals surface area contributed by atoms with Crippen molar-refractivity contribution < 1.29 is 19.0 Å². The van der Waals surface area contributed by atoms with Crippen LogP contribution in [0.2, 0.25) is 0 Å². The molecule has 0 spiro atoms. The summed E-state index contributed by atoms with van der Waals surface area (Å²) in [6.45, 7) is 3.11. The number of hydrogen-bond acceptors (Lipinski definition) is 7. The van der Waals surface area contributed by atoms with Gasteiger partial charge in [-0.05, 0) is 13.5 Å². The smallest absolute Gasteiger partial charge is 0.240 e. The highest BCUT2D eigenvalue weighted by molar-refractivity contribution is 7.22. The Morgan fingerprint density at radius 3 is 2.88 bits per heavy atom. The Labute approximate surface area is 150 Å². The van der Waals surface area contributed by atoms with Gasteiger partial charge in [-0.1, -0.05) is 11.3 Å². The maximum absolute atomic E-state index is 12.2. The fraction of sp³-hybridized carbons (Fsp3) is 0.529. The van der Waals surface area contributed by atoms with E-state index in [1.807, 2.05) is 24.1 Å². The summed E-state index contributed by atoms with van der Waals surface area (Å²) in [5.41, 5.74) is 0.804. The highest BCUT2D eigenvalue weighted by Gasteiger charge is 2.15. The molecule has 3 rings (SSSR count). The summed E-state index contributed by atoms with van der Waals surface area (Å²) >= 11 is 1.44. The number of nitrogens with one attached hydrogen (secondary N) is 1. The zero-order valence-electron chi connectivity index (χ0n) is 14.5. The van der Waals surface area contributed by atoms with Gasteiger partial charge in [0.05, 0.1) is 30.0 Å². The van der Waals surface area contributed by atoms with Gasteiger partial charge in [0.2, 0.25) is 5.91 Å². The second kappa shape index (κ2) is 8.46. The largest absolute Gasteiger partial charge is 0.490 e. The first kappa shape index (κ1) is 17.9. The van der Waals surface area contributed by atoms with Crippen LogP contribution in [-0.2, 0) is 9.53 Å². The number of carbonyl (C=O) groups is 1. The number of thiazole rings is 1. The van der Waals surface area contributed by atoms with Crippen molar-refractivity contribution in [1.82, 2.24) is 9.88 Å². The average molecular weight is 365 g/mol. The molecule has 2 heterocycles. The predicted molar refractivity (Wildman–Crippen MR) is 97.8 cm³/mol. The third kappa shape index (κ3) is 4.81. The van der Waals surface area contributed by atoms with Crippen LogP contribution in [0.25, 0.3) is 10.2 Å². The minimum Gasteiger partial charge on any atom is -0.490 e. The minimum atomic E-state index is -0.0759. The molecule has 0 radical (unpaired) electrons. The summed E-state index contributed by atoms with van der Waals surface area (Å²) in [5, 5.41) is 3.46. The maximum Gasteiger partial charge on any atom is 0.240 e. The van der Waals surface area contributed by atoms with Crippen LogP contribution >= 0.6 is 11.3 Å². The Balaban J connectivity index is 1.63. The van der Waals surface area contributed by atoms with Gasteiger partial charge in [0.15, 0.2) is 16.6 Å². The first-order valence-electron chi connectivity index (χ1n) is 8.33. The van der Waals surface area contributed by atoms with Crippen molar-refractivity contribution in [2.75, 3.05) is 52.4 Å². The standard InChI is InChI=1S/C17H23N3O4S/c1-20(5-3-6-22-2)11-16(21)19-17-18-12-9-13-14(10-15(12)25-17)24-8-4-7-23-13/h9-10H,3-8,11H2,1-2H3,(H,18,19,21). The number of anilines is 1. The molecule has 0 saturated heterocycles. The number of methoxy groups -OCH3 is 1. The Morgan fingerprint density at radius 2 is 2.12 bits per heavy atom. The van der Waals surface area contributed by atoms with Crippen molar-refractivity contribution in [2.24, 2.45) is 0 Å². The van der Waals surface area contributed by atoms with Crippen LogP contribution in [-0.4, -0.2) is 62.9 Å². The maximum atomic E-state index is 12.2. The molecule has 0 atom stereocenters. The molecule has 1 amide bonds. The van der Waals surface area contributed by atoms with Gasteiger partial charge < -0.3 is 19.5 Å². The number of ether oxygens (including phenoxy) is 3. The van der Waals surface area contributed by atoms with E-state index in [9.17, 15) is 4.79 Å². The first-order valence-corrected chi connectivity index (χ1v) is 9.15. The normalized spacial score (nSPS) is 13.9. The van der Waals surface area contributed by atoms with Crippen molar-refractivity contribution in [1.29, 1.82) is 0 Å². The highest BCUT2D eigenvalue weighted by Crippen LogP contribution is 2.37. The molecule has 1 N–H and O–H groups in total. The number of rotatable bonds is 7. The Kier molecular flexibility index (Phi) is 6.06. The van der Waals surface area contributed by atoms with Gasteiger partial charge in [-0.25, -0.2) is 4.98 Å². The molecule has 1 aliphatic rings. The summed E-state index contributed by atoms with van der Waals surface area (Å²) in [5.74, 6) is 1.38. The molecule has 7 nitrogen and oxygen atoms in total. The number of carbonyl (C=O) groups excluding carboxylic acids is 1. The molecular weight excluding hydrogens is 342 g/mol. The van der Waals surface area contributed by atoms with E-state index in [0.29, 0.717) is 37.2 Å². The van der Waals surface area contributed by atoms with Crippen LogP contribution in [0.4, 0.5) is 5.13 Å². The number of benzene rings is 1. The minimum absolute atomic E-state index is 0.0759. The van der Waals surface area contributed by atoms with Crippen LogP contribution in [0, 0.1) is 0 Å². The second-order valence-corrected chi connectivity index (χ2v) is 7.00. The van der Waals surface area contributed by atoms with Crippen LogP contribution in [0.5, 0.6) is 11.5 Å². The number of nitrogens with zero attached hydrogens (tertiary/aromatic N) is 2. The molecule has 0 bridgehead atoms. The quantitative estimate of drug-likeness (QED) is 0.760. The number of aromatic nitrogens is 1. The van der Waals surface area contributed by atoms with Crippen molar-refractivity contribution >= 4 is 32.6 Å². The van der Waals surface area contributed by atoms with Crippen molar-refractivity contribution in [3.8, 4) is 11.5 Å². The summed E-state index contributed by atoms with van der Waals surface area (Å²) < 4.78 is 17.4. The van der Waals surface area contributed by atoms with E-state index in [4.69, 9.17) is 14.2 Å². The third-order valence-corrected chi connectivity index (χ3v) is 4.74. The number of fused-ring (bicyclic) bond motifs is 2. The summed E-state index contributed by atoms with van der Waals surface area (Å²) in [6.07, 6.45) is 1.77. The molecule has 8 heteroatoms. The van der Waals surface area contributed by atoms with Crippen molar-refractivity contribution in [3.05, 3.63) is 12.1 Å². The monoisotopic (exact) mass is 365 g/mol. The molecule has 1 aliphatic heterocycles. The van der Waals surface area contributed by atoms with E-state index in [-0.39, 0.29) is 5.91 Å². The molecule has 1 aromatic carbocycles. The Morgan fingerprint density at radius 1 is 1.36 bits per heavy atom. The van der Waals surface area contributed by atoms with E-state index in [1.54, 1.807) is 7.11 Å². The lowest BCUT2D eigenvalue weighted by atomic mass is 10.3. The van der Waals surface area contributed by atoms with Gasteiger partial charge in [0, 0.05) is 38.8 Å². The lowest BCUT2D eigenvalue weighted by Crippen LogP contribution is -2.31. The molecule has 25 heavy (non-hydrogen) atoms. The summed E-state index contributed by atoms with van der Waals surface area (Å²) in [6, 6.07) is 3.80.